The first-order chi connectivity index (χ1) is 7.55. The summed E-state index contributed by atoms with van der Waals surface area (Å²) in [5.74, 6) is 0.168. The molecule has 16 heavy (non-hydrogen) atoms. The number of sulfone groups is 1. The summed E-state index contributed by atoms with van der Waals surface area (Å²) in [6.07, 6.45) is 0.971. The third kappa shape index (κ3) is 8.04. The Morgan fingerprint density at radius 3 is 2.44 bits per heavy atom. The van der Waals surface area contributed by atoms with E-state index in [0.29, 0.717) is 6.61 Å². The van der Waals surface area contributed by atoms with Crippen LogP contribution >= 0.6 is 0 Å². The molecular weight excluding hydrogens is 230 g/mol. The topological polar surface area (TPSA) is 64.6 Å². The number of rotatable bonds is 10. The van der Waals surface area contributed by atoms with Gasteiger partial charge in [-0.2, -0.15) is 0 Å². The lowest BCUT2D eigenvalue weighted by Crippen LogP contribution is -2.40. The fourth-order valence-electron chi connectivity index (χ4n) is 1.32. The lowest BCUT2D eigenvalue weighted by Gasteiger charge is -2.17. The van der Waals surface area contributed by atoms with Crippen LogP contribution in [0.3, 0.4) is 0 Å². The van der Waals surface area contributed by atoms with Crippen LogP contribution in [0.15, 0.2) is 0 Å². The Kier molecular flexibility index (Phi) is 8.83. The lowest BCUT2D eigenvalue weighted by atomic mass is 10.3. The lowest BCUT2D eigenvalue weighted by molar-refractivity contribution is 0.173. The van der Waals surface area contributed by atoms with E-state index in [1.165, 1.54) is 7.11 Å². The molecule has 0 bridgehead atoms. The van der Waals surface area contributed by atoms with Crippen molar-refractivity contribution in [3.05, 3.63) is 0 Å². The smallest absolute Gasteiger partial charge is 0.154 e. The Morgan fingerprint density at radius 2 is 1.94 bits per heavy atom. The number of methoxy groups -OCH3 is 2. The zero-order valence-corrected chi connectivity index (χ0v) is 11.2. The standard InChI is InChI=1S/C10H23NO4S/c1-4-5-11-10(8-15-3)9-16(12,13)7-6-14-2/h10-11H,4-9H2,1-3H3. The Labute approximate surface area is 98.4 Å². The maximum Gasteiger partial charge on any atom is 0.154 e. The fraction of sp³-hybridized carbons (Fsp3) is 1.00. The minimum atomic E-state index is -3.06. The van der Waals surface area contributed by atoms with E-state index in [9.17, 15) is 8.42 Å². The van der Waals surface area contributed by atoms with Crippen LogP contribution in [0, 0.1) is 0 Å². The summed E-state index contributed by atoms with van der Waals surface area (Å²) in [4.78, 5) is 0. The van der Waals surface area contributed by atoms with Gasteiger partial charge in [0.2, 0.25) is 0 Å². The van der Waals surface area contributed by atoms with E-state index < -0.39 is 9.84 Å². The minimum absolute atomic E-state index is 0.0670. The molecule has 0 aromatic rings. The van der Waals surface area contributed by atoms with Gasteiger partial charge in [-0.3, -0.25) is 0 Å². The van der Waals surface area contributed by atoms with Gasteiger partial charge in [0.05, 0.1) is 24.7 Å². The van der Waals surface area contributed by atoms with Gasteiger partial charge in [0.25, 0.3) is 0 Å². The van der Waals surface area contributed by atoms with Crippen molar-refractivity contribution in [3.8, 4) is 0 Å². The van der Waals surface area contributed by atoms with Crippen molar-refractivity contribution in [1.82, 2.24) is 5.32 Å². The molecule has 98 valence electrons. The highest BCUT2D eigenvalue weighted by molar-refractivity contribution is 7.91. The molecule has 0 aliphatic carbocycles. The number of hydrogen-bond donors (Lipinski definition) is 1. The third-order valence-electron chi connectivity index (χ3n) is 2.10. The van der Waals surface area contributed by atoms with Crippen LogP contribution in [-0.2, 0) is 19.3 Å². The van der Waals surface area contributed by atoms with Crippen molar-refractivity contribution in [2.45, 2.75) is 19.4 Å². The zero-order valence-electron chi connectivity index (χ0n) is 10.4. The van der Waals surface area contributed by atoms with Crippen molar-refractivity contribution in [2.24, 2.45) is 0 Å². The molecule has 0 spiro atoms. The summed E-state index contributed by atoms with van der Waals surface area (Å²) in [6, 6.07) is -0.133. The molecule has 0 aliphatic heterocycles. The van der Waals surface area contributed by atoms with Crippen LogP contribution in [-0.4, -0.2) is 59.9 Å². The van der Waals surface area contributed by atoms with E-state index in [-0.39, 0.29) is 24.2 Å². The second-order valence-corrected chi connectivity index (χ2v) is 5.94. The Bertz CT molecular complexity index is 254. The molecule has 6 heteroatoms. The molecule has 0 rings (SSSR count). The van der Waals surface area contributed by atoms with Crippen LogP contribution in [0.2, 0.25) is 0 Å². The van der Waals surface area contributed by atoms with Gasteiger partial charge in [-0.15, -0.1) is 0 Å². The first kappa shape index (κ1) is 15.8. The molecule has 0 saturated carbocycles. The molecule has 1 atom stereocenters. The van der Waals surface area contributed by atoms with Gasteiger partial charge in [0.1, 0.15) is 0 Å². The van der Waals surface area contributed by atoms with E-state index in [1.807, 2.05) is 6.92 Å². The summed E-state index contributed by atoms with van der Waals surface area (Å²) >= 11 is 0. The maximum atomic E-state index is 11.7. The van der Waals surface area contributed by atoms with Crippen LogP contribution in [0.25, 0.3) is 0 Å². The number of hydrogen-bond acceptors (Lipinski definition) is 5. The quantitative estimate of drug-likeness (QED) is 0.596. The van der Waals surface area contributed by atoms with Crippen LogP contribution in [0.4, 0.5) is 0 Å². The first-order valence-corrected chi connectivity index (χ1v) is 7.29. The van der Waals surface area contributed by atoms with Gasteiger partial charge in [0.15, 0.2) is 9.84 Å². The molecule has 0 amide bonds. The highest BCUT2D eigenvalue weighted by atomic mass is 32.2. The van der Waals surface area contributed by atoms with Gasteiger partial charge in [-0.25, -0.2) is 8.42 Å². The summed E-state index contributed by atoms with van der Waals surface area (Å²) in [5, 5.41) is 3.16. The molecule has 0 radical (unpaired) electrons. The zero-order chi connectivity index (χ0) is 12.4. The highest BCUT2D eigenvalue weighted by Gasteiger charge is 2.18. The van der Waals surface area contributed by atoms with Crippen molar-refractivity contribution in [3.63, 3.8) is 0 Å². The van der Waals surface area contributed by atoms with Gasteiger partial charge in [0, 0.05) is 20.3 Å². The molecule has 1 unspecified atom stereocenters. The predicted octanol–water partition coefficient (Wildman–Crippen LogP) is 0.0622. The molecule has 1 N–H and O–H groups in total. The molecular formula is C10H23NO4S. The molecule has 0 heterocycles. The SMILES string of the molecule is CCCNC(COC)CS(=O)(=O)CCOC. The van der Waals surface area contributed by atoms with Gasteiger partial charge < -0.3 is 14.8 Å². The minimum Gasteiger partial charge on any atom is -0.384 e. The fourth-order valence-corrected chi connectivity index (χ4v) is 2.73. The summed E-state index contributed by atoms with van der Waals surface area (Å²) in [6.45, 7) is 3.49. The van der Waals surface area contributed by atoms with Gasteiger partial charge in [-0.1, -0.05) is 6.92 Å². The van der Waals surface area contributed by atoms with Crippen molar-refractivity contribution in [1.29, 1.82) is 0 Å². The summed E-state index contributed by atoms with van der Waals surface area (Å²) < 4.78 is 33.1. The predicted molar refractivity (Wildman–Crippen MR) is 64.5 cm³/mol. The Morgan fingerprint density at radius 1 is 1.25 bits per heavy atom. The number of nitrogens with one attached hydrogen (secondary N) is 1. The second-order valence-electron chi connectivity index (χ2n) is 3.71. The number of ether oxygens (including phenoxy) is 2. The summed E-state index contributed by atoms with van der Waals surface area (Å²) in [7, 11) is 0.00628. The Hall–Kier alpha value is -0.170. The maximum absolute atomic E-state index is 11.7. The van der Waals surface area contributed by atoms with Crippen molar-refractivity contribution < 1.29 is 17.9 Å². The first-order valence-electron chi connectivity index (χ1n) is 5.47. The average Bonchev–Trinajstić information content (AvgIpc) is 2.23. The van der Waals surface area contributed by atoms with Crippen molar-refractivity contribution in [2.75, 3.05) is 45.5 Å². The van der Waals surface area contributed by atoms with E-state index in [0.717, 1.165) is 13.0 Å². The van der Waals surface area contributed by atoms with E-state index in [1.54, 1.807) is 7.11 Å². The van der Waals surface area contributed by atoms with Crippen molar-refractivity contribution >= 4 is 9.84 Å². The average molecular weight is 253 g/mol. The van der Waals surface area contributed by atoms with Crippen LogP contribution in [0.1, 0.15) is 13.3 Å². The third-order valence-corrected chi connectivity index (χ3v) is 3.80. The molecule has 0 aromatic heterocycles. The van der Waals surface area contributed by atoms with Gasteiger partial charge >= 0.3 is 0 Å². The van der Waals surface area contributed by atoms with Crippen LogP contribution < -0.4 is 5.32 Å². The summed E-state index contributed by atoms with van der Waals surface area (Å²) in [5.41, 5.74) is 0. The normalized spacial score (nSPS) is 13.9. The van der Waals surface area contributed by atoms with E-state index >= 15 is 0 Å². The molecule has 0 saturated heterocycles. The Balaban J connectivity index is 4.14. The monoisotopic (exact) mass is 253 g/mol. The van der Waals surface area contributed by atoms with Gasteiger partial charge in [-0.05, 0) is 13.0 Å². The molecule has 5 nitrogen and oxygen atoms in total. The highest BCUT2D eigenvalue weighted by Crippen LogP contribution is 1.97. The molecule has 0 fully saturated rings. The van der Waals surface area contributed by atoms with Crippen LogP contribution in [0.5, 0.6) is 0 Å². The largest absolute Gasteiger partial charge is 0.384 e. The van der Waals surface area contributed by atoms with E-state index in [2.05, 4.69) is 5.32 Å². The molecule has 0 aromatic carbocycles. The second kappa shape index (κ2) is 8.92. The van der Waals surface area contributed by atoms with E-state index in [4.69, 9.17) is 9.47 Å². The molecule has 0 aliphatic rings.